The zero-order valence-electron chi connectivity index (χ0n) is 17.9. The summed E-state index contributed by atoms with van der Waals surface area (Å²) in [7, 11) is 0. The maximum absolute atomic E-state index is 12.6. The second-order valence-corrected chi connectivity index (χ2v) is 7.89. The summed E-state index contributed by atoms with van der Waals surface area (Å²) in [6.45, 7) is 5.16. The number of benzene rings is 3. The van der Waals surface area contributed by atoms with Gasteiger partial charge in [0.15, 0.2) is 0 Å². The standard InChI is InChI=1S/C27H29N3O/c1-22-10-8-9-11-23(22)16-17-28-27(31)30-20-18-29(19-21-30)26(24-12-4-2-5-13-24)25-14-6-3-7-15-25/h2-17,26H,18-21H2,1H3,(H,28,31)/b17-16+. The quantitative estimate of drug-likeness (QED) is 0.635. The minimum absolute atomic E-state index is 0.0412. The maximum Gasteiger partial charge on any atom is 0.321 e. The van der Waals surface area contributed by atoms with Crippen molar-refractivity contribution in [1.82, 2.24) is 15.1 Å². The lowest BCUT2D eigenvalue weighted by atomic mass is 9.96. The van der Waals surface area contributed by atoms with Gasteiger partial charge in [0, 0.05) is 32.4 Å². The fourth-order valence-electron chi connectivity index (χ4n) is 4.14. The van der Waals surface area contributed by atoms with Gasteiger partial charge in [0.1, 0.15) is 0 Å². The molecule has 0 unspecified atom stereocenters. The first-order valence-electron chi connectivity index (χ1n) is 10.8. The lowest BCUT2D eigenvalue weighted by Gasteiger charge is -2.39. The molecule has 4 nitrogen and oxygen atoms in total. The smallest absolute Gasteiger partial charge is 0.321 e. The summed E-state index contributed by atoms with van der Waals surface area (Å²) in [4.78, 5) is 17.0. The molecule has 158 valence electrons. The van der Waals surface area contributed by atoms with Crippen molar-refractivity contribution < 1.29 is 4.79 Å². The van der Waals surface area contributed by atoms with Crippen LogP contribution >= 0.6 is 0 Å². The second kappa shape index (κ2) is 10.1. The molecule has 0 saturated carbocycles. The highest BCUT2D eigenvalue weighted by molar-refractivity contribution is 5.76. The van der Waals surface area contributed by atoms with Crippen molar-refractivity contribution in [2.24, 2.45) is 0 Å². The highest BCUT2D eigenvalue weighted by Gasteiger charge is 2.27. The van der Waals surface area contributed by atoms with Crippen LogP contribution in [0.15, 0.2) is 91.1 Å². The van der Waals surface area contributed by atoms with E-state index >= 15 is 0 Å². The van der Waals surface area contributed by atoms with Crippen LogP contribution in [-0.2, 0) is 0 Å². The number of urea groups is 1. The van der Waals surface area contributed by atoms with E-state index in [4.69, 9.17) is 0 Å². The Morgan fingerprint density at radius 3 is 1.94 bits per heavy atom. The molecular weight excluding hydrogens is 382 g/mol. The number of nitrogens with one attached hydrogen (secondary N) is 1. The second-order valence-electron chi connectivity index (χ2n) is 7.89. The molecule has 31 heavy (non-hydrogen) atoms. The topological polar surface area (TPSA) is 35.6 Å². The molecule has 4 rings (SSSR count). The molecule has 1 heterocycles. The SMILES string of the molecule is Cc1ccccc1/C=C/NC(=O)N1CCN(C(c2ccccc2)c2ccccc2)CC1. The van der Waals surface area contributed by atoms with Crippen LogP contribution < -0.4 is 5.32 Å². The average molecular weight is 412 g/mol. The fraction of sp³-hybridized carbons (Fsp3) is 0.222. The van der Waals surface area contributed by atoms with Crippen molar-refractivity contribution in [3.05, 3.63) is 113 Å². The van der Waals surface area contributed by atoms with Gasteiger partial charge in [0.25, 0.3) is 0 Å². The van der Waals surface area contributed by atoms with Crippen molar-refractivity contribution in [3.63, 3.8) is 0 Å². The van der Waals surface area contributed by atoms with E-state index in [1.807, 2.05) is 29.2 Å². The summed E-state index contributed by atoms with van der Waals surface area (Å²) in [6.07, 6.45) is 3.69. The minimum Gasteiger partial charge on any atom is -0.322 e. The Kier molecular flexibility index (Phi) is 6.80. The third kappa shape index (κ3) is 5.22. The molecule has 1 N–H and O–H groups in total. The lowest BCUT2D eigenvalue weighted by molar-refractivity contribution is 0.122. The van der Waals surface area contributed by atoms with Crippen molar-refractivity contribution in [3.8, 4) is 0 Å². The van der Waals surface area contributed by atoms with E-state index < -0.39 is 0 Å². The molecule has 0 atom stereocenters. The van der Waals surface area contributed by atoms with Crippen molar-refractivity contribution >= 4 is 12.1 Å². The van der Waals surface area contributed by atoms with Crippen LogP contribution in [0.4, 0.5) is 4.79 Å². The monoisotopic (exact) mass is 411 g/mol. The molecule has 2 amide bonds. The van der Waals surface area contributed by atoms with Crippen LogP contribution in [0, 0.1) is 6.92 Å². The highest BCUT2D eigenvalue weighted by Crippen LogP contribution is 2.29. The van der Waals surface area contributed by atoms with E-state index in [-0.39, 0.29) is 12.1 Å². The van der Waals surface area contributed by atoms with Gasteiger partial charge in [-0.05, 0) is 35.3 Å². The molecule has 1 saturated heterocycles. The highest BCUT2D eigenvalue weighted by atomic mass is 16.2. The molecule has 0 bridgehead atoms. The third-order valence-corrected chi connectivity index (χ3v) is 5.86. The van der Waals surface area contributed by atoms with E-state index in [1.54, 1.807) is 6.20 Å². The molecule has 0 aliphatic carbocycles. The normalized spacial score (nSPS) is 14.8. The maximum atomic E-state index is 12.6. The van der Waals surface area contributed by atoms with E-state index in [0.717, 1.165) is 18.7 Å². The van der Waals surface area contributed by atoms with Gasteiger partial charge in [0.05, 0.1) is 6.04 Å². The van der Waals surface area contributed by atoms with Crippen molar-refractivity contribution in [1.29, 1.82) is 0 Å². The molecule has 1 aliphatic rings. The van der Waals surface area contributed by atoms with Gasteiger partial charge in [-0.2, -0.15) is 0 Å². The summed E-state index contributed by atoms with van der Waals surface area (Å²) in [5.41, 5.74) is 4.87. The first kappa shape index (κ1) is 20.9. The number of hydrogen-bond donors (Lipinski definition) is 1. The summed E-state index contributed by atoms with van der Waals surface area (Å²) in [5, 5.41) is 2.92. The summed E-state index contributed by atoms with van der Waals surface area (Å²) < 4.78 is 0. The number of hydrogen-bond acceptors (Lipinski definition) is 2. The molecular formula is C27H29N3O. The predicted molar refractivity (Wildman–Crippen MR) is 127 cm³/mol. The Balaban J connectivity index is 1.38. The van der Waals surface area contributed by atoms with E-state index in [0.29, 0.717) is 13.1 Å². The van der Waals surface area contributed by atoms with Crippen LogP contribution in [0.2, 0.25) is 0 Å². The predicted octanol–water partition coefficient (Wildman–Crippen LogP) is 5.08. The fourth-order valence-corrected chi connectivity index (χ4v) is 4.14. The Bertz CT molecular complexity index is 969. The number of aryl methyl sites for hydroxylation is 1. The number of carbonyl (C=O) groups excluding carboxylic acids is 1. The van der Waals surface area contributed by atoms with Gasteiger partial charge < -0.3 is 10.2 Å². The molecule has 0 radical (unpaired) electrons. The van der Waals surface area contributed by atoms with Crippen LogP contribution in [0.25, 0.3) is 6.08 Å². The van der Waals surface area contributed by atoms with Crippen LogP contribution in [0.3, 0.4) is 0 Å². The number of rotatable bonds is 5. The van der Waals surface area contributed by atoms with Gasteiger partial charge in [0.2, 0.25) is 0 Å². The molecule has 1 aliphatic heterocycles. The number of nitrogens with zero attached hydrogens (tertiary/aromatic N) is 2. The summed E-state index contributed by atoms with van der Waals surface area (Å²) in [5.74, 6) is 0. The van der Waals surface area contributed by atoms with E-state index in [2.05, 4.69) is 83.9 Å². The zero-order valence-corrected chi connectivity index (χ0v) is 17.9. The zero-order chi connectivity index (χ0) is 21.5. The lowest BCUT2D eigenvalue weighted by Crippen LogP contribution is -2.51. The molecule has 3 aromatic carbocycles. The van der Waals surface area contributed by atoms with Crippen LogP contribution in [0.5, 0.6) is 0 Å². The van der Waals surface area contributed by atoms with Crippen molar-refractivity contribution in [2.75, 3.05) is 26.2 Å². The summed E-state index contributed by atoms with van der Waals surface area (Å²) >= 11 is 0. The molecule has 1 fully saturated rings. The van der Waals surface area contributed by atoms with Gasteiger partial charge in [-0.3, -0.25) is 4.90 Å². The Labute approximate surface area is 184 Å². The third-order valence-electron chi connectivity index (χ3n) is 5.86. The van der Waals surface area contributed by atoms with Crippen LogP contribution in [-0.4, -0.2) is 42.0 Å². The van der Waals surface area contributed by atoms with Crippen molar-refractivity contribution in [2.45, 2.75) is 13.0 Å². The number of piperazine rings is 1. The van der Waals surface area contributed by atoms with Gasteiger partial charge >= 0.3 is 6.03 Å². The van der Waals surface area contributed by atoms with Crippen LogP contribution in [0.1, 0.15) is 28.3 Å². The Morgan fingerprint density at radius 2 is 1.35 bits per heavy atom. The first-order chi connectivity index (χ1) is 15.2. The Morgan fingerprint density at radius 1 is 0.806 bits per heavy atom. The van der Waals surface area contributed by atoms with E-state index in [9.17, 15) is 4.79 Å². The van der Waals surface area contributed by atoms with Gasteiger partial charge in [-0.1, -0.05) is 84.9 Å². The first-order valence-corrected chi connectivity index (χ1v) is 10.8. The molecule has 4 heteroatoms. The molecule has 3 aromatic rings. The number of carbonyl (C=O) groups is 1. The summed E-state index contributed by atoms with van der Waals surface area (Å²) in [6, 6.07) is 29.5. The number of amides is 2. The minimum atomic E-state index is -0.0412. The van der Waals surface area contributed by atoms with Gasteiger partial charge in [-0.15, -0.1) is 0 Å². The molecule has 0 aromatic heterocycles. The molecule has 0 spiro atoms. The van der Waals surface area contributed by atoms with E-state index in [1.165, 1.54) is 16.7 Å². The largest absolute Gasteiger partial charge is 0.322 e. The average Bonchev–Trinajstić information content (AvgIpc) is 2.82. The Hall–Kier alpha value is -3.37. The van der Waals surface area contributed by atoms with Gasteiger partial charge in [-0.25, -0.2) is 4.79 Å².